The number of aromatic nitrogens is 3. The molecule has 2 aromatic rings. The van der Waals surface area contributed by atoms with Crippen molar-refractivity contribution >= 4 is 17.5 Å². The summed E-state index contributed by atoms with van der Waals surface area (Å²) in [4.78, 5) is 3.77. The third-order valence-electron chi connectivity index (χ3n) is 1.90. The van der Waals surface area contributed by atoms with Crippen molar-refractivity contribution in [3.63, 3.8) is 0 Å². The largest absolute Gasteiger partial charge is 0.367 e. The zero-order valence-corrected chi connectivity index (χ0v) is 8.45. The molecule has 0 saturated carbocycles. The van der Waals surface area contributed by atoms with Gasteiger partial charge in [0.25, 0.3) is 0 Å². The van der Waals surface area contributed by atoms with E-state index >= 15 is 0 Å². The van der Waals surface area contributed by atoms with Crippen molar-refractivity contribution in [1.82, 2.24) is 14.8 Å². The maximum Gasteiger partial charge on any atom is 0.239 e. The molecule has 0 bridgehead atoms. The van der Waals surface area contributed by atoms with Gasteiger partial charge in [0.05, 0.1) is 6.54 Å². The van der Waals surface area contributed by atoms with Gasteiger partial charge < -0.3 is 5.73 Å². The standard InChI is InChI=1S/C9H8ClFN4/c10-8-3-7(11)2-1-6(8)4-15-5-13-9(12)14-15/h1-3,5H,4H2,(H2,12,14). The summed E-state index contributed by atoms with van der Waals surface area (Å²) in [5.41, 5.74) is 6.13. The summed E-state index contributed by atoms with van der Waals surface area (Å²) >= 11 is 5.85. The van der Waals surface area contributed by atoms with Gasteiger partial charge in [0.1, 0.15) is 12.1 Å². The molecule has 15 heavy (non-hydrogen) atoms. The summed E-state index contributed by atoms with van der Waals surface area (Å²) < 4.78 is 14.3. The highest BCUT2D eigenvalue weighted by Crippen LogP contribution is 2.17. The molecule has 1 aromatic carbocycles. The van der Waals surface area contributed by atoms with Crippen LogP contribution in [-0.2, 0) is 6.54 Å². The second kappa shape index (κ2) is 3.86. The number of hydrogen-bond acceptors (Lipinski definition) is 3. The molecule has 0 saturated heterocycles. The summed E-state index contributed by atoms with van der Waals surface area (Å²) in [6, 6.07) is 4.22. The van der Waals surface area contributed by atoms with Crippen LogP contribution in [0.2, 0.25) is 5.02 Å². The monoisotopic (exact) mass is 226 g/mol. The van der Waals surface area contributed by atoms with Gasteiger partial charge >= 0.3 is 0 Å². The minimum absolute atomic E-state index is 0.202. The Morgan fingerprint density at radius 3 is 2.87 bits per heavy atom. The lowest BCUT2D eigenvalue weighted by Gasteiger charge is -2.03. The average Bonchev–Trinajstić information content (AvgIpc) is 2.56. The van der Waals surface area contributed by atoms with E-state index in [1.807, 2.05) is 0 Å². The minimum Gasteiger partial charge on any atom is -0.367 e. The average molecular weight is 227 g/mol. The first kappa shape index (κ1) is 9.92. The number of nitrogens with zero attached hydrogens (tertiary/aromatic N) is 3. The zero-order valence-electron chi connectivity index (χ0n) is 7.69. The number of rotatable bonds is 2. The summed E-state index contributed by atoms with van der Waals surface area (Å²) in [6.07, 6.45) is 1.50. The third kappa shape index (κ3) is 2.24. The fourth-order valence-corrected chi connectivity index (χ4v) is 1.44. The molecule has 0 fully saturated rings. The van der Waals surface area contributed by atoms with E-state index in [1.165, 1.54) is 23.1 Å². The van der Waals surface area contributed by atoms with E-state index in [-0.39, 0.29) is 11.8 Å². The number of benzene rings is 1. The third-order valence-corrected chi connectivity index (χ3v) is 2.25. The molecular formula is C9H8ClFN4. The van der Waals surface area contributed by atoms with Gasteiger partial charge in [-0.05, 0) is 17.7 Å². The van der Waals surface area contributed by atoms with Gasteiger partial charge in [0.2, 0.25) is 5.95 Å². The Morgan fingerprint density at radius 2 is 2.27 bits per heavy atom. The van der Waals surface area contributed by atoms with Gasteiger partial charge in [-0.25, -0.2) is 14.1 Å². The highest BCUT2D eigenvalue weighted by Gasteiger charge is 2.04. The molecule has 1 heterocycles. The minimum atomic E-state index is -0.359. The number of hydrogen-bond donors (Lipinski definition) is 1. The number of nitrogen functional groups attached to an aromatic ring is 1. The molecule has 0 aliphatic carbocycles. The number of nitrogens with two attached hydrogens (primary N) is 1. The Balaban J connectivity index is 2.24. The van der Waals surface area contributed by atoms with Crippen molar-refractivity contribution in [2.75, 3.05) is 5.73 Å². The van der Waals surface area contributed by atoms with Gasteiger partial charge in [-0.15, -0.1) is 5.10 Å². The van der Waals surface area contributed by atoms with E-state index in [0.29, 0.717) is 11.6 Å². The quantitative estimate of drug-likeness (QED) is 0.848. The lowest BCUT2D eigenvalue weighted by Crippen LogP contribution is -2.01. The fraction of sp³-hybridized carbons (Fsp3) is 0.111. The van der Waals surface area contributed by atoms with E-state index in [0.717, 1.165) is 5.56 Å². The molecule has 0 amide bonds. The van der Waals surface area contributed by atoms with E-state index < -0.39 is 0 Å². The van der Waals surface area contributed by atoms with Gasteiger partial charge in [-0.1, -0.05) is 17.7 Å². The molecule has 0 unspecified atom stereocenters. The van der Waals surface area contributed by atoms with Gasteiger partial charge in [-0.2, -0.15) is 0 Å². The van der Waals surface area contributed by atoms with Gasteiger partial charge in [0, 0.05) is 5.02 Å². The van der Waals surface area contributed by atoms with Crippen molar-refractivity contribution in [3.05, 3.63) is 40.9 Å². The second-order valence-electron chi connectivity index (χ2n) is 3.04. The van der Waals surface area contributed by atoms with E-state index in [9.17, 15) is 4.39 Å². The maximum atomic E-state index is 12.8. The molecule has 1 aromatic heterocycles. The van der Waals surface area contributed by atoms with Crippen molar-refractivity contribution in [3.8, 4) is 0 Å². The SMILES string of the molecule is Nc1ncn(Cc2ccc(F)cc2Cl)n1. The van der Waals surface area contributed by atoms with Crippen LogP contribution in [0.5, 0.6) is 0 Å². The first-order valence-electron chi connectivity index (χ1n) is 4.24. The highest BCUT2D eigenvalue weighted by atomic mass is 35.5. The van der Waals surface area contributed by atoms with Crippen molar-refractivity contribution < 1.29 is 4.39 Å². The first-order chi connectivity index (χ1) is 7.15. The van der Waals surface area contributed by atoms with Crippen LogP contribution in [0, 0.1) is 5.82 Å². The summed E-state index contributed by atoms with van der Waals surface area (Å²) in [5.74, 6) is -0.157. The predicted octanol–water partition coefficient (Wildman–Crippen LogP) is 1.70. The van der Waals surface area contributed by atoms with Crippen LogP contribution in [0.4, 0.5) is 10.3 Å². The Hall–Kier alpha value is -1.62. The number of anilines is 1. The fourth-order valence-electron chi connectivity index (χ4n) is 1.21. The molecule has 6 heteroatoms. The molecule has 0 aliphatic rings. The van der Waals surface area contributed by atoms with Crippen LogP contribution in [0.25, 0.3) is 0 Å². The lowest BCUT2D eigenvalue weighted by atomic mass is 10.2. The van der Waals surface area contributed by atoms with Crippen LogP contribution in [0.3, 0.4) is 0 Å². The molecule has 78 valence electrons. The molecule has 0 aliphatic heterocycles. The molecule has 0 radical (unpaired) electrons. The molecule has 2 N–H and O–H groups in total. The van der Waals surface area contributed by atoms with E-state index in [4.69, 9.17) is 17.3 Å². The summed E-state index contributed by atoms with van der Waals surface area (Å²) in [7, 11) is 0. The van der Waals surface area contributed by atoms with Crippen LogP contribution >= 0.6 is 11.6 Å². The zero-order chi connectivity index (χ0) is 10.8. The number of halogens is 2. The van der Waals surface area contributed by atoms with Gasteiger partial charge in [-0.3, -0.25) is 0 Å². The normalized spacial score (nSPS) is 10.5. The van der Waals surface area contributed by atoms with Crippen molar-refractivity contribution in [2.24, 2.45) is 0 Å². The summed E-state index contributed by atoms with van der Waals surface area (Å²) in [6.45, 7) is 0.420. The Kier molecular flexibility index (Phi) is 2.55. The first-order valence-corrected chi connectivity index (χ1v) is 4.62. The predicted molar refractivity (Wildman–Crippen MR) is 54.9 cm³/mol. The van der Waals surface area contributed by atoms with Crippen LogP contribution < -0.4 is 5.73 Å². The van der Waals surface area contributed by atoms with Crippen LogP contribution in [0.15, 0.2) is 24.5 Å². The molecule has 4 nitrogen and oxygen atoms in total. The van der Waals surface area contributed by atoms with Crippen molar-refractivity contribution in [1.29, 1.82) is 0 Å². The Morgan fingerprint density at radius 1 is 1.47 bits per heavy atom. The second-order valence-corrected chi connectivity index (χ2v) is 3.44. The van der Waals surface area contributed by atoms with Crippen molar-refractivity contribution in [2.45, 2.75) is 6.54 Å². The molecule has 0 spiro atoms. The smallest absolute Gasteiger partial charge is 0.239 e. The Bertz CT molecular complexity index is 483. The highest BCUT2D eigenvalue weighted by molar-refractivity contribution is 6.31. The van der Waals surface area contributed by atoms with E-state index in [2.05, 4.69) is 10.1 Å². The van der Waals surface area contributed by atoms with Crippen LogP contribution in [-0.4, -0.2) is 14.8 Å². The van der Waals surface area contributed by atoms with E-state index in [1.54, 1.807) is 6.07 Å². The maximum absolute atomic E-state index is 12.8. The molecular weight excluding hydrogens is 219 g/mol. The molecule has 0 atom stereocenters. The van der Waals surface area contributed by atoms with Crippen LogP contribution in [0.1, 0.15) is 5.56 Å². The summed E-state index contributed by atoms with van der Waals surface area (Å²) in [5, 5.41) is 4.27. The lowest BCUT2D eigenvalue weighted by molar-refractivity contribution is 0.624. The topological polar surface area (TPSA) is 56.7 Å². The van der Waals surface area contributed by atoms with Gasteiger partial charge in [0.15, 0.2) is 0 Å². The molecule has 2 rings (SSSR count). The Labute approximate surface area is 90.5 Å².